The van der Waals surface area contributed by atoms with Gasteiger partial charge in [0.1, 0.15) is 51.7 Å². The minimum Gasteiger partial charge on any atom is -0.462 e. The van der Waals surface area contributed by atoms with Crippen LogP contribution in [0.25, 0.3) is 0 Å². The first-order valence-corrected chi connectivity index (χ1v) is 14.7. The molecule has 1 aromatic carbocycles. The van der Waals surface area contributed by atoms with Crippen molar-refractivity contribution >= 4 is 53.4 Å². The van der Waals surface area contributed by atoms with Gasteiger partial charge in [-0.15, -0.1) is 0 Å². The summed E-state index contributed by atoms with van der Waals surface area (Å²) in [6.45, 7) is 13.6. The van der Waals surface area contributed by atoms with Crippen LogP contribution in [0, 0.1) is 17.8 Å². The molecular formula is C34H40N2O15. The summed E-state index contributed by atoms with van der Waals surface area (Å²) in [5.74, 6) is -4.25. The molecule has 0 aliphatic carbocycles. The van der Waals surface area contributed by atoms with Gasteiger partial charge in [-0.25, -0.2) is 33.6 Å². The first-order valence-electron chi connectivity index (χ1n) is 14.7. The van der Waals surface area contributed by atoms with E-state index < -0.39 is 106 Å². The average molecular weight is 717 g/mol. The molecule has 17 nitrogen and oxygen atoms in total. The highest BCUT2D eigenvalue weighted by Crippen LogP contribution is 2.25. The van der Waals surface area contributed by atoms with Crippen LogP contribution in [0.5, 0.6) is 0 Å². The number of carbonyl (C=O) groups is 7. The van der Waals surface area contributed by atoms with Crippen molar-refractivity contribution in [3.05, 3.63) is 87.0 Å². The number of amides is 2. The number of rotatable bonds is 22. The number of aryl methyl sites for hydroxylation is 1. The van der Waals surface area contributed by atoms with Crippen LogP contribution in [0.3, 0.4) is 0 Å². The highest BCUT2D eigenvalue weighted by molar-refractivity contribution is 5.90. The molecule has 0 aliphatic heterocycles. The van der Waals surface area contributed by atoms with E-state index in [1.165, 1.54) is 18.2 Å². The summed E-state index contributed by atoms with van der Waals surface area (Å²) >= 11 is 0. The number of benzene rings is 1. The fourth-order valence-electron chi connectivity index (χ4n) is 3.50. The van der Waals surface area contributed by atoms with Crippen LogP contribution in [0.4, 0.5) is 21.0 Å². The van der Waals surface area contributed by atoms with Crippen molar-refractivity contribution in [3.63, 3.8) is 0 Å². The van der Waals surface area contributed by atoms with Gasteiger partial charge < -0.3 is 38.3 Å². The smallest absolute Gasteiger partial charge is 0.411 e. The van der Waals surface area contributed by atoms with Gasteiger partial charge >= 0.3 is 42.0 Å². The van der Waals surface area contributed by atoms with Crippen LogP contribution in [-0.2, 0) is 57.1 Å². The second-order valence-corrected chi connectivity index (χ2v) is 10.6. The Morgan fingerprint density at radius 2 is 0.902 bits per heavy atom. The second kappa shape index (κ2) is 21.7. The molecule has 0 spiro atoms. The molecule has 2 amide bonds. The van der Waals surface area contributed by atoms with E-state index >= 15 is 0 Å². The average Bonchev–Trinajstić information content (AvgIpc) is 3.14. The van der Waals surface area contributed by atoms with E-state index in [2.05, 4.69) is 43.5 Å². The van der Waals surface area contributed by atoms with Gasteiger partial charge in [0, 0.05) is 41.8 Å². The van der Waals surface area contributed by atoms with Gasteiger partial charge in [0.05, 0.1) is 12.0 Å². The summed E-state index contributed by atoms with van der Waals surface area (Å²) in [6.07, 6.45) is 2.29. The summed E-state index contributed by atoms with van der Waals surface area (Å²) in [6, 6.07) is 4.36. The lowest BCUT2D eigenvalue weighted by Gasteiger charge is -2.31. The van der Waals surface area contributed by atoms with Gasteiger partial charge in [0.15, 0.2) is 0 Å². The molecule has 276 valence electrons. The van der Waals surface area contributed by atoms with Crippen molar-refractivity contribution in [1.29, 1.82) is 0 Å². The molecule has 1 rings (SSSR count). The first kappa shape index (κ1) is 42.8. The third kappa shape index (κ3) is 15.7. The Morgan fingerprint density at radius 3 is 1.27 bits per heavy atom. The summed E-state index contributed by atoms with van der Waals surface area (Å²) in [5.41, 5.74) is -2.30. The Balaban J connectivity index is 3.09. The number of esters is 5. The number of nitrogens with one attached hydrogen (secondary N) is 2. The fourth-order valence-corrected chi connectivity index (χ4v) is 3.50. The zero-order chi connectivity index (χ0) is 38.5. The normalized spacial score (nSPS) is 10.5. The van der Waals surface area contributed by atoms with Crippen LogP contribution in [0.2, 0.25) is 0 Å². The van der Waals surface area contributed by atoms with Gasteiger partial charge in [-0.05, 0) is 24.6 Å². The lowest BCUT2D eigenvalue weighted by molar-refractivity contribution is -0.159. The molecule has 51 heavy (non-hydrogen) atoms. The van der Waals surface area contributed by atoms with E-state index in [0.717, 1.165) is 30.4 Å². The van der Waals surface area contributed by atoms with Gasteiger partial charge in [0.2, 0.25) is 0 Å². The molecular weight excluding hydrogens is 676 g/mol. The Morgan fingerprint density at radius 1 is 0.569 bits per heavy atom. The number of aliphatic hydroxyl groups excluding tert-OH is 1. The van der Waals surface area contributed by atoms with Crippen LogP contribution in [0.1, 0.15) is 5.56 Å². The van der Waals surface area contributed by atoms with Crippen molar-refractivity contribution < 1.29 is 71.8 Å². The van der Waals surface area contributed by atoms with Crippen molar-refractivity contribution in [2.24, 2.45) is 10.8 Å². The maximum absolute atomic E-state index is 12.8. The van der Waals surface area contributed by atoms with Crippen LogP contribution in [0.15, 0.2) is 81.5 Å². The maximum atomic E-state index is 12.8. The lowest BCUT2D eigenvalue weighted by atomic mass is 9.92. The van der Waals surface area contributed by atoms with Gasteiger partial charge in [-0.1, -0.05) is 39.0 Å². The number of aliphatic hydroxyl groups is 1. The molecule has 0 aliphatic rings. The summed E-state index contributed by atoms with van der Waals surface area (Å²) in [7, 11) is 0. The second-order valence-electron chi connectivity index (χ2n) is 10.6. The first-order chi connectivity index (χ1) is 24.2. The molecule has 0 fully saturated rings. The van der Waals surface area contributed by atoms with Crippen LogP contribution < -0.4 is 10.6 Å². The monoisotopic (exact) mass is 716 g/mol. The van der Waals surface area contributed by atoms with Gasteiger partial charge in [0.25, 0.3) is 0 Å². The van der Waals surface area contributed by atoms with E-state index in [1.807, 2.05) is 0 Å². The van der Waals surface area contributed by atoms with Crippen LogP contribution >= 0.6 is 0 Å². The van der Waals surface area contributed by atoms with Gasteiger partial charge in [-0.3, -0.25) is 10.6 Å². The van der Waals surface area contributed by atoms with E-state index in [9.17, 15) is 38.7 Å². The van der Waals surface area contributed by atoms with E-state index in [1.54, 1.807) is 6.92 Å². The SMILES string of the molecule is C=CC(=O)OCC(COC(=O)C=C)(COC(=O)C=C)COC(=O)Nc1ccc(C)c(NC(=O)OCC(CO)(COC(=O)C=C)COC(=O)C=C)c1. The molecule has 0 unspecified atom stereocenters. The minimum atomic E-state index is -1.57. The maximum Gasteiger partial charge on any atom is 0.411 e. The molecule has 1 aromatic rings. The molecule has 0 saturated carbocycles. The van der Waals surface area contributed by atoms with Crippen molar-refractivity contribution in [2.75, 3.05) is 63.5 Å². The Kier molecular flexibility index (Phi) is 18.2. The Labute approximate surface area is 293 Å². The van der Waals surface area contributed by atoms with Crippen molar-refractivity contribution in [1.82, 2.24) is 0 Å². The Bertz CT molecular complexity index is 1420. The largest absolute Gasteiger partial charge is 0.462 e. The van der Waals surface area contributed by atoms with Gasteiger partial charge in [-0.2, -0.15) is 0 Å². The highest BCUT2D eigenvalue weighted by Gasteiger charge is 2.38. The third-order valence-corrected chi connectivity index (χ3v) is 6.51. The number of hydrogen-bond donors (Lipinski definition) is 3. The summed E-state index contributed by atoms with van der Waals surface area (Å²) in [5, 5.41) is 14.9. The molecule has 0 atom stereocenters. The molecule has 0 saturated heterocycles. The number of hydrogen-bond acceptors (Lipinski definition) is 15. The minimum absolute atomic E-state index is 0.123. The van der Waals surface area contributed by atoms with Crippen molar-refractivity contribution in [2.45, 2.75) is 6.92 Å². The molecule has 17 heteroatoms. The molecule has 0 aromatic heterocycles. The predicted molar refractivity (Wildman–Crippen MR) is 179 cm³/mol. The lowest BCUT2D eigenvalue weighted by Crippen LogP contribution is -2.44. The molecule has 0 radical (unpaired) electrons. The predicted octanol–water partition coefficient (Wildman–Crippen LogP) is 2.70. The molecule has 0 heterocycles. The topological polar surface area (TPSA) is 228 Å². The summed E-state index contributed by atoms with van der Waals surface area (Å²) < 4.78 is 35.8. The zero-order valence-corrected chi connectivity index (χ0v) is 28.0. The standard InChI is InChI=1S/C34H40N2O15/c1-7-26(38)45-16-33(15-37,17-46-27(39)8-2)18-50-32(44)36-25-14-24(13-12-23(25)6)35-31(43)51-22-34(19-47-28(40)9-3,20-48-29(41)10-4)21-49-30(42)11-5/h7-14,37H,1-5,15-22H2,6H3,(H,35,43)(H,36,44). The quantitative estimate of drug-likeness (QED) is 0.0890. The number of ether oxygens (including phenoxy) is 7. The van der Waals surface area contributed by atoms with E-state index in [-0.39, 0.29) is 11.4 Å². The number of carbonyl (C=O) groups excluding carboxylic acids is 7. The van der Waals surface area contributed by atoms with E-state index in [0.29, 0.717) is 5.56 Å². The van der Waals surface area contributed by atoms with Crippen molar-refractivity contribution in [3.8, 4) is 0 Å². The highest BCUT2D eigenvalue weighted by atomic mass is 16.6. The Hall–Kier alpha value is -6.23. The van der Waals surface area contributed by atoms with E-state index in [4.69, 9.17) is 33.2 Å². The van der Waals surface area contributed by atoms with Crippen LogP contribution in [-0.4, -0.2) is 100.0 Å². The zero-order valence-electron chi connectivity index (χ0n) is 28.0. The summed E-state index contributed by atoms with van der Waals surface area (Å²) in [4.78, 5) is 84.2. The number of anilines is 2. The fraction of sp³-hybridized carbons (Fsp3) is 0.324. The molecule has 0 bridgehead atoms. The molecule has 3 N–H and O–H groups in total. The third-order valence-electron chi connectivity index (χ3n) is 6.51.